The van der Waals surface area contributed by atoms with Crippen LogP contribution in [-0.2, 0) is 10.0 Å². The largest absolute Gasteiger partial charge is 0.478 e. The molecule has 0 amide bonds. The van der Waals surface area contributed by atoms with Gasteiger partial charge in [0.25, 0.3) is 0 Å². The highest BCUT2D eigenvalue weighted by Gasteiger charge is 2.18. The molecule has 0 aliphatic rings. The molecule has 8 heteroatoms. The second-order valence-corrected chi connectivity index (χ2v) is 7.32. The minimum atomic E-state index is -3.58. The summed E-state index contributed by atoms with van der Waals surface area (Å²) in [6, 6.07) is 2.67. The molecule has 0 fully saturated rings. The molecule has 1 aromatic rings. The molecule has 0 radical (unpaired) electrons. The third-order valence-corrected chi connectivity index (χ3v) is 4.68. The number of hydrogen-bond donors (Lipinski definition) is 3. The minimum Gasteiger partial charge on any atom is -0.478 e. The fourth-order valence-electron chi connectivity index (χ4n) is 1.40. The van der Waals surface area contributed by atoms with E-state index in [1.807, 2.05) is 13.8 Å². The second-order valence-electron chi connectivity index (χ2n) is 5.08. The molecule has 1 aromatic heterocycles. The van der Waals surface area contributed by atoms with Gasteiger partial charge in [-0.15, -0.1) is 0 Å². The maximum atomic E-state index is 11.9. The summed E-state index contributed by atoms with van der Waals surface area (Å²) < 4.78 is 26.0. The zero-order valence-corrected chi connectivity index (χ0v) is 13.4. The maximum absolute atomic E-state index is 11.9. The van der Waals surface area contributed by atoms with Crippen LogP contribution < -0.4 is 10.0 Å². The van der Waals surface area contributed by atoms with Crippen LogP contribution >= 0.6 is 0 Å². The van der Waals surface area contributed by atoms with Crippen LogP contribution in [0.25, 0.3) is 0 Å². The predicted molar refractivity (Wildman–Crippen MR) is 82.3 cm³/mol. The zero-order chi connectivity index (χ0) is 16.2. The van der Waals surface area contributed by atoms with Gasteiger partial charge in [-0.3, -0.25) is 4.72 Å². The van der Waals surface area contributed by atoms with Crippen molar-refractivity contribution in [1.29, 1.82) is 0 Å². The van der Waals surface area contributed by atoms with E-state index >= 15 is 0 Å². The van der Waals surface area contributed by atoms with Gasteiger partial charge in [0.2, 0.25) is 10.0 Å². The summed E-state index contributed by atoms with van der Waals surface area (Å²) in [6.45, 7) is 6.96. The average Bonchev–Trinajstić information content (AvgIpc) is 2.37. The van der Waals surface area contributed by atoms with Crippen molar-refractivity contribution in [2.24, 2.45) is 0 Å². The number of aromatic carboxylic acids is 1. The third kappa shape index (κ3) is 4.89. The Morgan fingerprint density at radius 3 is 2.33 bits per heavy atom. The van der Waals surface area contributed by atoms with Gasteiger partial charge >= 0.3 is 5.97 Å². The van der Waals surface area contributed by atoms with Crippen molar-refractivity contribution in [1.82, 2.24) is 4.98 Å². The first kappa shape index (κ1) is 17.2. The Morgan fingerprint density at radius 2 is 1.86 bits per heavy atom. The van der Waals surface area contributed by atoms with Crippen LogP contribution in [0.15, 0.2) is 12.1 Å². The van der Waals surface area contributed by atoms with Gasteiger partial charge in [-0.1, -0.05) is 6.92 Å². The van der Waals surface area contributed by atoms with Gasteiger partial charge < -0.3 is 10.4 Å². The SMILES string of the molecule is CC[C@H](C)Nc1cc(C(=O)O)cc(NS(=O)(=O)C(C)C)n1. The fourth-order valence-corrected chi connectivity index (χ4v) is 2.03. The topological polar surface area (TPSA) is 108 Å². The molecule has 0 aliphatic carbocycles. The molecular formula is C13H21N3O4S. The lowest BCUT2D eigenvalue weighted by Crippen LogP contribution is -2.24. The smallest absolute Gasteiger partial charge is 0.335 e. The number of carboxylic acid groups (broad SMARTS) is 1. The zero-order valence-electron chi connectivity index (χ0n) is 12.5. The molecule has 1 heterocycles. The van der Waals surface area contributed by atoms with Crippen LogP contribution in [0.5, 0.6) is 0 Å². The normalized spacial score (nSPS) is 13.0. The van der Waals surface area contributed by atoms with Crippen molar-refractivity contribution in [3.8, 4) is 0 Å². The number of sulfonamides is 1. The summed E-state index contributed by atoms with van der Waals surface area (Å²) in [4.78, 5) is 15.2. The highest BCUT2D eigenvalue weighted by Crippen LogP contribution is 2.18. The van der Waals surface area contributed by atoms with E-state index in [2.05, 4.69) is 15.0 Å². The van der Waals surface area contributed by atoms with E-state index in [1.54, 1.807) is 0 Å². The van der Waals surface area contributed by atoms with Crippen molar-refractivity contribution in [3.05, 3.63) is 17.7 Å². The summed E-state index contributed by atoms with van der Waals surface area (Å²) in [7, 11) is -3.58. The molecule has 0 saturated carbocycles. The Balaban J connectivity index is 3.17. The molecule has 3 N–H and O–H groups in total. The first-order valence-corrected chi connectivity index (χ1v) is 8.24. The van der Waals surface area contributed by atoms with Crippen molar-refractivity contribution in [3.63, 3.8) is 0 Å². The molecule has 0 saturated heterocycles. The van der Waals surface area contributed by atoms with E-state index in [0.717, 1.165) is 6.42 Å². The quantitative estimate of drug-likeness (QED) is 0.711. The predicted octanol–water partition coefficient (Wildman–Crippen LogP) is 2.14. The number of rotatable bonds is 7. The molecule has 0 unspecified atom stereocenters. The van der Waals surface area contributed by atoms with Gasteiger partial charge in [0.1, 0.15) is 11.6 Å². The molecule has 0 aromatic carbocycles. The van der Waals surface area contributed by atoms with Crippen molar-refractivity contribution in [2.75, 3.05) is 10.0 Å². The van der Waals surface area contributed by atoms with Gasteiger partial charge in [-0.2, -0.15) is 0 Å². The van der Waals surface area contributed by atoms with Gasteiger partial charge in [-0.25, -0.2) is 18.2 Å². The molecule has 21 heavy (non-hydrogen) atoms. The van der Waals surface area contributed by atoms with E-state index in [9.17, 15) is 13.2 Å². The highest BCUT2D eigenvalue weighted by molar-refractivity contribution is 7.93. The summed E-state index contributed by atoms with van der Waals surface area (Å²) in [6.07, 6.45) is 0.825. The highest BCUT2D eigenvalue weighted by atomic mass is 32.2. The van der Waals surface area contributed by atoms with Crippen molar-refractivity contribution < 1.29 is 18.3 Å². The number of nitrogens with one attached hydrogen (secondary N) is 2. The lowest BCUT2D eigenvalue weighted by Gasteiger charge is -2.15. The van der Waals surface area contributed by atoms with E-state index in [0.29, 0.717) is 5.82 Å². The van der Waals surface area contributed by atoms with Gasteiger partial charge in [0.05, 0.1) is 10.8 Å². The molecule has 0 bridgehead atoms. The minimum absolute atomic E-state index is 0.00518. The lowest BCUT2D eigenvalue weighted by atomic mass is 10.2. The number of anilines is 2. The first-order valence-electron chi connectivity index (χ1n) is 6.69. The monoisotopic (exact) mass is 315 g/mol. The lowest BCUT2D eigenvalue weighted by molar-refractivity contribution is 0.0697. The molecule has 118 valence electrons. The fraction of sp³-hybridized carbons (Fsp3) is 0.538. The van der Waals surface area contributed by atoms with Crippen LogP contribution in [0.1, 0.15) is 44.5 Å². The van der Waals surface area contributed by atoms with Crippen LogP contribution in [0.3, 0.4) is 0 Å². The van der Waals surface area contributed by atoms with Crippen LogP contribution in [0, 0.1) is 0 Å². The average molecular weight is 315 g/mol. The number of hydrogen-bond acceptors (Lipinski definition) is 5. The molecule has 7 nitrogen and oxygen atoms in total. The number of carbonyl (C=O) groups is 1. The van der Waals surface area contributed by atoms with E-state index in [1.165, 1.54) is 26.0 Å². The molecule has 0 aliphatic heterocycles. The van der Waals surface area contributed by atoms with Gasteiger partial charge in [0, 0.05) is 6.04 Å². The Kier molecular flexibility index (Phi) is 5.54. The van der Waals surface area contributed by atoms with E-state index < -0.39 is 21.2 Å². The summed E-state index contributed by atoms with van der Waals surface area (Å²) in [5.41, 5.74) is -0.0303. The molecule has 0 spiro atoms. The number of pyridine rings is 1. The Hall–Kier alpha value is -1.83. The Labute approximate surface area is 124 Å². The Bertz CT molecular complexity index is 614. The van der Waals surface area contributed by atoms with Gasteiger partial charge in [-0.05, 0) is 39.3 Å². The van der Waals surface area contributed by atoms with Gasteiger partial charge in [0.15, 0.2) is 0 Å². The molecular weight excluding hydrogens is 294 g/mol. The molecule has 1 atom stereocenters. The first-order chi connectivity index (χ1) is 9.65. The summed E-state index contributed by atoms with van der Waals surface area (Å²) >= 11 is 0. The summed E-state index contributed by atoms with van der Waals surface area (Å²) in [5, 5.41) is 11.5. The number of aromatic nitrogens is 1. The molecule has 1 rings (SSSR count). The van der Waals surface area contributed by atoms with E-state index in [-0.39, 0.29) is 17.4 Å². The number of carboxylic acids is 1. The number of nitrogens with zero attached hydrogens (tertiary/aromatic N) is 1. The van der Waals surface area contributed by atoms with Crippen LogP contribution in [0.4, 0.5) is 11.6 Å². The standard InChI is InChI=1S/C13H21N3O4S/c1-5-9(4)14-11-6-10(13(17)18)7-12(15-11)16-21(19,20)8(2)3/h6-9H,5H2,1-4H3,(H,17,18)(H2,14,15,16)/t9-/m0/s1. The van der Waals surface area contributed by atoms with Crippen molar-refractivity contribution >= 4 is 27.6 Å². The maximum Gasteiger partial charge on any atom is 0.335 e. The van der Waals surface area contributed by atoms with Crippen molar-refractivity contribution in [2.45, 2.75) is 45.4 Å². The second kappa shape index (κ2) is 6.75. The third-order valence-electron chi connectivity index (χ3n) is 2.95. The Morgan fingerprint density at radius 1 is 1.29 bits per heavy atom. The van der Waals surface area contributed by atoms with Crippen LogP contribution in [0.2, 0.25) is 0 Å². The summed E-state index contributed by atoms with van der Waals surface area (Å²) in [5.74, 6) is -0.824. The van der Waals surface area contributed by atoms with E-state index in [4.69, 9.17) is 5.11 Å². The van der Waals surface area contributed by atoms with Crippen LogP contribution in [-0.4, -0.2) is 35.8 Å².